The SMILES string of the molecule is CC(C)(C)OC(=O)NCCn1cnc2cnc3cccnc3c21. The van der Waals surface area contributed by atoms with Gasteiger partial charge in [0.1, 0.15) is 16.6 Å². The predicted molar refractivity (Wildman–Crippen MR) is 87.1 cm³/mol. The minimum absolute atomic E-state index is 0.424. The van der Waals surface area contributed by atoms with Gasteiger partial charge in [0.05, 0.1) is 23.6 Å². The number of alkyl carbamates (subject to hydrolysis) is 1. The van der Waals surface area contributed by atoms with Crippen molar-refractivity contribution in [2.75, 3.05) is 6.54 Å². The maximum Gasteiger partial charge on any atom is 0.407 e. The molecule has 0 aliphatic heterocycles. The van der Waals surface area contributed by atoms with Crippen molar-refractivity contribution in [1.29, 1.82) is 0 Å². The first kappa shape index (κ1) is 15.2. The molecule has 1 amide bonds. The van der Waals surface area contributed by atoms with E-state index in [1.54, 1.807) is 18.7 Å². The average Bonchev–Trinajstić information content (AvgIpc) is 2.89. The van der Waals surface area contributed by atoms with Crippen LogP contribution in [0.15, 0.2) is 30.9 Å². The molecule has 0 fully saturated rings. The molecule has 0 aliphatic rings. The summed E-state index contributed by atoms with van der Waals surface area (Å²) in [5.74, 6) is 0. The second-order valence-corrected chi connectivity index (χ2v) is 6.23. The lowest BCUT2D eigenvalue weighted by molar-refractivity contribution is 0.0526. The predicted octanol–water partition coefficient (Wildman–Crippen LogP) is 2.50. The van der Waals surface area contributed by atoms with Gasteiger partial charge in [0.2, 0.25) is 0 Å². The minimum atomic E-state index is -0.502. The molecule has 0 saturated carbocycles. The fourth-order valence-corrected chi connectivity index (χ4v) is 2.33. The monoisotopic (exact) mass is 313 g/mol. The van der Waals surface area contributed by atoms with Gasteiger partial charge in [-0.1, -0.05) is 0 Å². The number of carbonyl (C=O) groups excluding carboxylic acids is 1. The molecule has 0 spiro atoms. The third-order valence-electron chi connectivity index (χ3n) is 3.22. The summed E-state index contributed by atoms with van der Waals surface area (Å²) in [5.41, 5.74) is 2.83. The molecule has 0 atom stereocenters. The molecule has 3 heterocycles. The van der Waals surface area contributed by atoms with E-state index in [1.807, 2.05) is 37.5 Å². The Kier molecular flexibility index (Phi) is 3.85. The second-order valence-electron chi connectivity index (χ2n) is 6.23. The highest BCUT2D eigenvalue weighted by Crippen LogP contribution is 2.20. The number of carbonyl (C=O) groups is 1. The van der Waals surface area contributed by atoms with Crippen LogP contribution >= 0.6 is 0 Å². The van der Waals surface area contributed by atoms with E-state index in [0.29, 0.717) is 13.1 Å². The van der Waals surface area contributed by atoms with E-state index < -0.39 is 11.7 Å². The zero-order chi connectivity index (χ0) is 16.4. The summed E-state index contributed by atoms with van der Waals surface area (Å²) in [6.07, 6.45) is 4.78. The Balaban J connectivity index is 1.76. The maximum absolute atomic E-state index is 11.7. The maximum atomic E-state index is 11.7. The molecule has 3 aromatic heterocycles. The molecule has 0 aromatic carbocycles. The quantitative estimate of drug-likeness (QED) is 0.803. The van der Waals surface area contributed by atoms with Crippen LogP contribution in [0.3, 0.4) is 0 Å². The Labute approximate surface area is 133 Å². The van der Waals surface area contributed by atoms with E-state index in [-0.39, 0.29) is 0 Å². The molecule has 120 valence electrons. The molecule has 0 aliphatic carbocycles. The molecular formula is C16H19N5O2. The lowest BCUT2D eigenvalue weighted by Crippen LogP contribution is -2.34. The molecule has 0 saturated heterocycles. The molecular weight excluding hydrogens is 294 g/mol. The summed E-state index contributed by atoms with van der Waals surface area (Å²) < 4.78 is 7.18. The van der Waals surface area contributed by atoms with Gasteiger partial charge in [-0.2, -0.15) is 0 Å². The van der Waals surface area contributed by atoms with E-state index in [2.05, 4.69) is 20.3 Å². The van der Waals surface area contributed by atoms with Crippen LogP contribution in [0.1, 0.15) is 20.8 Å². The summed E-state index contributed by atoms with van der Waals surface area (Å²) in [4.78, 5) is 24.8. The van der Waals surface area contributed by atoms with E-state index >= 15 is 0 Å². The van der Waals surface area contributed by atoms with Crippen molar-refractivity contribution in [3.8, 4) is 0 Å². The summed E-state index contributed by atoms with van der Waals surface area (Å²) in [5, 5.41) is 2.74. The van der Waals surface area contributed by atoms with Crippen molar-refractivity contribution < 1.29 is 9.53 Å². The zero-order valence-corrected chi connectivity index (χ0v) is 13.4. The third-order valence-corrected chi connectivity index (χ3v) is 3.22. The van der Waals surface area contributed by atoms with Crippen LogP contribution in [0, 0.1) is 0 Å². The average molecular weight is 313 g/mol. The Hall–Kier alpha value is -2.70. The van der Waals surface area contributed by atoms with Crippen molar-refractivity contribution in [1.82, 2.24) is 24.8 Å². The Morgan fingerprint density at radius 3 is 2.87 bits per heavy atom. The van der Waals surface area contributed by atoms with E-state index in [0.717, 1.165) is 22.1 Å². The number of nitrogens with zero attached hydrogens (tertiary/aromatic N) is 4. The normalized spacial score (nSPS) is 11.8. The number of pyridine rings is 2. The lowest BCUT2D eigenvalue weighted by atomic mass is 10.2. The lowest BCUT2D eigenvalue weighted by Gasteiger charge is -2.19. The Bertz CT molecular complexity index is 850. The molecule has 0 bridgehead atoms. The number of hydrogen-bond acceptors (Lipinski definition) is 5. The minimum Gasteiger partial charge on any atom is -0.444 e. The number of amides is 1. The van der Waals surface area contributed by atoms with Crippen LogP contribution in [0.5, 0.6) is 0 Å². The number of fused-ring (bicyclic) bond motifs is 3. The van der Waals surface area contributed by atoms with Crippen molar-refractivity contribution in [2.24, 2.45) is 0 Å². The van der Waals surface area contributed by atoms with Crippen LogP contribution in [0.4, 0.5) is 4.79 Å². The topological polar surface area (TPSA) is 81.9 Å². The fourth-order valence-electron chi connectivity index (χ4n) is 2.33. The molecule has 7 heteroatoms. The molecule has 0 radical (unpaired) electrons. The first-order chi connectivity index (χ1) is 10.9. The highest BCUT2D eigenvalue weighted by atomic mass is 16.6. The first-order valence-electron chi connectivity index (χ1n) is 7.45. The van der Waals surface area contributed by atoms with Gasteiger partial charge in [-0.3, -0.25) is 9.97 Å². The fraction of sp³-hybridized carbons (Fsp3) is 0.375. The van der Waals surface area contributed by atoms with E-state index in [9.17, 15) is 4.79 Å². The Morgan fingerprint density at radius 1 is 1.26 bits per heavy atom. The van der Waals surface area contributed by atoms with Gasteiger partial charge in [0.15, 0.2) is 0 Å². The molecule has 1 N–H and O–H groups in total. The standard InChI is InChI=1S/C16H19N5O2/c1-16(2,3)23-15(22)18-7-8-21-10-20-12-9-19-11-5-4-6-17-13(11)14(12)21/h4-6,9-10H,7-8H2,1-3H3,(H,18,22). The van der Waals surface area contributed by atoms with Gasteiger partial charge < -0.3 is 14.6 Å². The van der Waals surface area contributed by atoms with Gasteiger partial charge in [0.25, 0.3) is 0 Å². The number of nitrogens with one attached hydrogen (secondary N) is 1. The highest BCUT2D eigenvalue weighted by Gasteiger charge is 2.16. The van der Waals surface area contributed by atoms with Crippen LogP contribution in [0.2, 0.25) is 0 Å². The largest absolute Gasteiger partial charge is 0.444 e. The number of imidazole rings is 1. The van der Waals surface area contributed by atoms with E-state index in [1.165, 1.54) is 0 Å². The number of rotatable bonds is 3. The van der Waals surface area contributed by atoms with Gasteiger partial charge in [-0.15, -0.1) is 0 Å². The molecule has 23 heavy (non-hydrogen) atoms. The smallest absolute Gasteiger partial charge is 0.407 e. The highest BCUT2D eigenvalue weighted by molar-refractivity contribution is 5.99. The van der Waals surface area contributed by atoms with Crippen molar-refractivity contribution in [3.05, 3.63) is 30.9 Å². The van der Waals surface area contributed by atoms with Crippen molar-refractivity contribution in [2.45, 2.75) is 32.9 Å². The summed E-state index contributed by atoms with van der Waals surface area (Å²) in [6, 6.07) is 3.77. The summed E-state index contributed by atoms with van der Waals surface area (Å²) in [6.45, 7) is 6.52. The third kappa shape index (κ3) is 3.39. The van der Waals surface area contributed by atoms with Gasteiger partial charge >= 0.3 is 6.09 Å². The number of hydrogen-bond donors (Lipinski definition) is 1. The molecule has 3 rings (SSSR count). The summed E-state index contributed by atoms with van der Waals surface area (Å²) in [7, 11) is 0. The molecule has 3 aromatic rings. The molecule has 0 unspecified atom stereocenters. The summed E-state index contributed by atoms with van der Waals surface area (Å²) >= 11 is 0. The van der Waals surface area contributed by atoms with Crippen LogP contribution in [0.25, 0.3) is 22.1 Å². The zero-order valence-electron chi connectivity index (χ0n) is 13.4. The number of aromatic nitrogens is 4. The molecule has 7 nitrogen and oxygen atoms in total. The van der Waals surface area contributed by atoms with Crippen LogP contribution < -0.4 is 5.32 Å². The first-order valence-corrected chi connectivity index (χ1v) is 7.45. The van der Waals surface area contributed by atoms with Gasteiger partial charge in [0, 0.05) is 19.3 Å². The van der Waals surface area contributed by atoms with Crippen LogP contribution in [-0.2, 0) is 11.3 Å². The van der Waals surface area contributed by atoms with E-state index in [4.69, 9.17) is 4.74 Å². The number of ether oxygens (including phenoxy) is 1. The van der Waals surface area contributed by atoms with Crippen molar-refractivity contribution >= 4 is 28.2 Å². The van der Waals surface area contributed by atoms with Crippen LogP contribution in [-0.4, -0.2) is 37.8 Å². The second kappa shape index (κ2) is 5.83. The van der Waals surface area contributed by atoms with Gasteiger partial charge in [-0.25, -0.2) is 9.78 Å². The van der Waals surface area contributed by atoms with Crippen molar-refractivity contribution in [3.63, 3.8) is 0 Å². The Morgan fingerprint density at radius 2 is 2.09 bits per heavy atom. The van der Waals surface area contributed by atoms with Gasteiger partial charge in [-0.05, 0) is 32.9 Å².